The lowest BCUT2D eigenvalue weighted by atomic mass is 10.1. The average molecular weight is 297 g/mol. The summed E-state index contributed by atoms with van der Waals surface area (Å²) < 4.78 is 0. The van der Waals surface area contributed by atoms with E-state index < -0.39 is 0 Å². The molecule has 6 heteroatoms. The summed E-state index contributed by atoms with van der Waals surface area (Å²) in [6.07, 6.45) is 0. The molecule has 1 N–H and O–H groups in total. The van der Waals surface area contributed by atoms with Crippen molar-refractivity contribution in [2.45, 2.75) is 6.54 Å². The lowest BCUT2D eigenvalue weighted by Gasteiger charge is -2.21. The van der Waals surface area contributed by atoms with E-state index in [1.165, 1.54) is 11.3 Å². The van der Waals surface area contributed by atoms with Gasteiger partial charge in [0.05, 0.1) is 0 Å². The van der Waals surface area contributed by atoms with Crippen molar-refractivity contribution in [3.8, 4) is 0 Å². The SMILES string of the molecule is CNC(=O)c1ccc(N2CCN(C)c3ccccc3C2)nn1. The van der Waals surface area contributed by atoms with Crippen LogP contribution in [0.15, 0.2) is 36.4 Å². The topological polar surface area (TPSA) is 61.4 Å². The minimum absolute atomic E-state index is 0.222. The molecule has 1 aliphatic heterocycles. The molecule has 22 heavy (non-hydrogen) atoms. The Morgan fingerprint density at radius 1 is 1.14 bits per heavy atom. The average Bonchev–Trinajstić information content (AvgIpc) is 2.74. The monoisotopic (exact) mass is 297 g/mol. The molecule has 3 rings (SSSR count). The molecule has 6 nitrogen and oxygen atoms in total. The van der Waals surface area contributed by atoms with Crippen LogP contribution < -0.4 is 15.1 Å². The second-order valence-corrected chi connectivity index (χ2v) is 5.33. The van der Waals surface area contributed by atoms with E-state index in [0.717, 1.165) is 25.5 Å². The zero-order valence-corrected chi connectivity index (χ0v) is 12.8. The molecular formula is C16H19N5O. The quantitative estimate of drug-likeness (QED) is 0.905. The Hall–Kier alpha value is -2.63. The van der Waals surface area contributed by atoms with Crippen LogP contribution in [-0.2, 0) is 6.54 Å². The van der Waals surface area contributed by atoms with Crippen LogP contribution in [-0.4, -0.2) is 43.3 Å². The number of benzene rings is 1. The Kier molecular flexibility index (Phi) is 3.91. The summed E-state index contributed by atoms with van der Waals surface area (Å²) in [6, 6.07) is 11.9. The summed E-state index contributed by atoms with van der Waals surface area (Å²) in [6.45, 7) is 2.56. The van der Waals surface area contributed by atoms with E-state index in [2.05, 4.69) is 56.6 Å². The molecule has 0 fully saturated rings. The Balaban J connectivity index is 1.85. The normalized spacial score (nSPS) is 14.3. The van der Waals surface area contributed by atoms with Crippen molar-refractivity contribution in [2.24, 2.45) is 0 Å². The minimum atomic E-state index is -0.222. The van der Waals surface area contributed by atoms with Gasteiger partial charge in [-0.25, -0.2) is 0 Å². The second kappa shape index (κ2) is 6.01. The smallest absolute Gasteiger partial charge is 0.271 e. The Morgan fingerprint density at radius 2 is 1.95 bits per heavy atom. The van der Waals surface area contributed by atoms with Gasteiger partial charge < -0.3 is 15.1 Å². The van der Waals surface area contributed by atoms with Crippen molar-refractivity contribution in [1.29, 1.82) is 0 Å². The van der Waals surface area contributed by atoms with Crippen LogP contribution in [0.5, 0.6) is 0 Å². The lowest BCUT2D eigenvalue weighted by molar-refractivity contribution is 0.0957. The highest BCUT2D eigenvalue weighted by molar-refractivity contribution is 5.91. The number of carbonyl (C=O) groups is 1. The summed E-state index contributed by atoms with van der Waals surface area (Å²) in [4.78, 5) is 16.0. The Bertz CT molecular complexity index is 670. The van der Waals surface area contributed by atoms with Gasteiger partial charge in [-0.1, -0.05) is 18.2 Å². The van der Waals surface area contributed by atoms with Crippen LogP contribution in [0.25, 0.3) is 0 Å². The first-order valence-electron chi connectivity index (χ1n) is 7.29. The summed E-state index contributed by atoms with van der Waals surface area (Å²) >= 11 is 0. The Morgan fingerprint density at radius 3 is 2.68 bits per heavy atom. The van der Waals surface area contributed by atoms with Gasteiger partial charge >= 0.3 is 0 Å². The molecule has 0 unspecified atom stereocenters. The molecule has 0 aliphatic carbocycles. The number of amides is 1. The van der Waals surface area contributed by atoms with Crippen LogP contribution in [0.4, 0.5) is 11.5 Å². The minimum Gasteiger partial charge on any atom is -0.373 e. The molecule has 1 aromatic carbocycles. The van der Waals surface area contributed by atoms with E-state index in [-0.39, 0.29) is 5.91 Å². The van der Waals surface area contributed by atoms with Gasteiger partial charge in [-0.15, -0.1) is 10.2 Å². The van der Waals surface area contributed by atoms with Crippen LogP contribution in [0, 0.1) is 0 Å². The highest BCUT2D eigenvalue weighted by Gasteiger charge is 2.18. The van der Waals surface area contributed by atoms with Crippen molar-refractivity contribution >= 4 is 17.4 Å². The first kappa shape index (κ1) is 14.3. The summed E-state index contributed by atoms with van der Waals surface area (Å²) in [5.74, 6) is 0.567. The Labute approximate surface area is 129 Å². The van der Waals surface area contributed by atoms with Crippen molar-refractivity contribution in [3.05, 3.63) is 47.7 Å². The van der Waals surface area contributed by atoms with Crippen LogP contribution in [0.2, 0.25) is 0 Å². The van der Waals surface area contributed by atoms with Crippen LogP contribution in [0.1, 0.15) is 16.1 Å². The van der Waals surface area contributed by atoms with E-state index in [1.54, 1.807) is 13.1 Å². The zero-order valence-electron chi connectivity index (χ0n) is 12.8. The molecular weight excluding hydrogens is 278 g/mol. The summed E-state index contributed by atoms with van der Waals surface area (Å²) in [5, 5.41) is 10.8. The third kappa shape index (κ3) is 2.72. The molecule has 1 aromatic heterocycles. The highest BCUT2D eigenvalue weighted by Crippen LogP contribution is 2.25. The van der Waals surface area contributed by atoms with E-state index in [4.69, 9.17) is 0 Å². The summed E-state index contributed by atoms with van der Waals surface area (Å²) in [5.41, 5.74) is 2.85. The van der Waals surface area contributed by atoms with Crippen molar-refractivity contribution in [3.63, 3.8) is 0 Å². The summed E-state index contributed by atoms with van der Waals surface area (Å²) in [7, 11) is 3.68. The van der Waals surface area contributed by atoms with E-state index in [0.29, 0.717) is 5.69 Å². The second-order valence-electron chi connectivity index (χ2n) is 5.33. The lowest BCUT2D eigenvalue weighted by Crippen LogP contribution is -2.30. The molecule has 1 aliphatic rings. The number of para-hydroxylation sites is 1. The molecule has 114 valence electrons. The van der Waals surface area contributed by atoms with Crippen molar-refractivity contribution in [2.75, 3.05) is 37.0 Å². The number of hydrogen-bond donors (Lipinski definition) is 1. The number of fused-ring (bicyclic) bond motifs is 1. The number of nitrogens with one attached hydrogen (secondary N) is 1. The van der Waals surface area contributed by atoms with Crippen LogP contribution >= 0.6 is 0 Å². The number of hydrogen-bond acceptors (Lipinski definition) is 5. The van der Waals surface area contributed by atoms with Crippen molar-refractivity contribution in [1.82, 2.24) is 15.5 Å². The number of carbonyl (C=O) groups excluding carboxylic acids is 1. The molecule has 0 spiro atoms. The van der Waals surface area contributed by atoms with Gasteiger partial charge in [-0.05, 0) is 23.8 Å². The third-order valence-electron chi connectivity index (χ3n) is 3.90. The number of rotatable bonds is 2. The predicted octanol–water partition coefficient (Wildman–Crippen LogP) is 1.29. The fourth-order valence-electron chi connectivity index (χ4n) is 2.63. The van der Waals surface area contributed by atoms with Gasteiger partial charge in [-0.3, -0.25) is 4.79 Å². The maximum absolute atomic E-state index is 11.5. The molecule has 2 aromatic rings. The van der Waals surface area contributed by atoms with E-state index in [9.17, 15) is 4.79 Å². The van der Waals surface area contributed by atoms with E-state index in [1.807, 2.05) is 6.07 Å². The molecule has 1 amide bonds. The molecule has 0 saturated heterocycles. The van der Waals surface area contributed by atoms with Crippen molar-refractivity contribution < 1.29 is 4.79 Å². The maximum Gasteiger partial charge on any atom is 0.271 e. The number of anilines is 2. The molecule has 0 atom stereocenters. The van der Waals surface area contributed by atoms with Gasteiger partial charge in [-0.2, -0.15) is 0 Å². The molecule has 0 bridgehead atoms. The van der Waals surface area contributed by atoms with Gasteiger partial charge in [0.15, 0.2) is 11.5 Å². The first-order valence-corrected chi connectivity index (χ1v) is 7.29. The standard InChI is InChI=1S/C16H19N5O/c1-17-16(22)13-7-8-15(19-18-13)21-10-9-20(2)14-6-4-3-5-12(14)11-21/h3-8H,9-11H2,1-2H3,(H,17,22). The van der Waals surface area contributed by atoms with E-state index >= 15 is 0 Å². The molecule has 0 radical (unpaired) electrons. The zero-order chi connectivity index (χ0) is 15.5. The van der Waals surface area contributed by atoms with Gasteiger partial charge in [0.2, 0.25) is 0 Å². The van der Waals surface area contributed by atoms with Gasteiger partial charge in [0, 0.05) is 39.4 Å². The molecule has 0 saturated carbocycles. The first-order chi connectivity index (χ1) is 10.7. The van der Waals surface area contributed by atoms with Gasteiger partial charge in [0.1, 0.15) is 0 Å². The number of aromatic nitrogens is 2. The largest absolute Gasteiger partial charge is 0.373 e. The molecule has 2 heterocycles. The van der Waals surface area contributed by atoms with Crippen LogP contribution in [0.3, 0.4) is 0 Å². The highest BCUT2D eigenvalue weighted by atomic mass is 16.1. The van der Waals surface area contributed by atoms with Gasteiger partial charge in [0.25, 0.3) is 5.91 Å². The number of likely N-dealkylation sites (N-methyl/N-ethyl adjacent to an activating group) is 1. The fraction of sp³-hybridized carbons (Fsp3) is 0.312. The number of nitrogens with zero attached hydrogens (tertiary/aromatic N) is 4. The fourth-order valence-corrected chi connectivity index (χ4v) is 2.63. The predicted molar refractivity (Wildman–Crippen MR) is 86.2 cm³/mol. The maximum atomic E-state index is 11.5. The third-order valence-corrected chi connectivity index (χ3v) is 3.90.